The number of nitrogens with zero attached hydrogens (tertiary/aromatic N) is 2. The number of piperidine rings is 1. The van der Waals surface area contributed by atoms with Crippen molar-refractivity contribution in [2.45, 2.75) is 36.6 Å². The van der Waals surface area contributed by atoms with E-state index >= 15 is 0 Å². The summed E-state index contributed by atoms with van der Waals surface area (Å²) < 4.78 is 53.0. The Bertz CT molecular complexity index is 873. The normalized spacial score (nSPS) is 16.4. The molecule has 0 unspecified atom stereocenters. The predicted molar refractivity (Wildman–Crippen MR) is 106 cm³/mol. The average Bonchev–Trinajstić information content (AvgIpc) is 2.63. The molecule has 0 radical (unpaired) electrons. The second-order valence-corrected chi connectivity index (χ2v) is 11.1. The molecule has 1 aliphatic rings. The van der Waals surface area contributed by atoms with Crippen LogP contribution < -0.4 is 4.74 Å². The van der Waals surface area contributed by atoms with Crippen molar-refractivity contribution in [2.24, 2.45) is 0 Å². The monoisotopic (exact) mass is 432 g/mol. The zero-order chi connectivity index (χ0) is 20.9. The van der Waals surface area contributed by atoms with Crippen LogP contribution in [0.4, 0.5) is 0 Å². The standard InChI is InChI=1S/C18H28N2O6S2/c1-19(28(3,24)25)15-10-12-20(13-11-15)18(21)5-4-14-26-16-6-8-17(9-7-16)27(2,22)23/h6-9,15H,4-5,10-14H2,1-3H3. The van der Waals surface area contributed by atoms with Crippen molar-refractivity contribution in [1.82, 2.24) is 9.21 Å². The number of rotatable bonds is 8. The third kappa shape index (κ3) is 6.46. The van der Waals surface area contributed by atoms with Crippen LogP contribution >= 0.6 is 0 Å². The molecule has 0 aliphatic carbocycles. The minimum Gasteiger partial charge on any atom is -0.494 e. The SMILES string of the molecule is CN(C1CCN(C(=O)CCCOc2ccc(S(C)(=O)=O)cc2)CC1)S(C)(=O)=O. The molecule has 1 saturated heterocycles. The van der Waals surface area contributed by atoms with E-state index in [1.807, 2.05) is 0 Å². The van der Waals surface area contributed by atoms with Gasteiger partial charge in [-0.25, -0.2) is 21.1 Å². The fraction of sp³-hybridized carbons (Fsp3) is 0.611. The first-order valence-electron chi connectivity index (χ1n) is 9.12. The molecule has 0 bridgehead atoms. The highest BCUT2D eigenvalue weighted by Gasteiger charge is 2.28. The van der Waals surface area contributed by atoms with Crippen LogP contribution in [-0.2, 0) is 24.7 Å². The zero-order valence-electron chi connectivity index (χ0n) is 16.5. The van der Waals surface area contributed by atoms with Crippen molar-refractivity contribution >= 4 is 25.8 Å². The van der Waals surface area contributed by atoms with Crippen LogP contribution in [0.3, 0.4) is 0 Å². The highest BCUT2D eigenvalue weighted by atomic mass is 32.2. The van der Waals surface area contributed by atoms with Crippen LogP contribution in [0, 0.1) is 0 Å². The van der Waals surface area contributed by atoms with Crippen LogP contribution in [0.5, 0.6) is 5.75 Å². The molecule has 0 atom stereocenters. The minimum atomic E-state index is -3.23. The van der Waals surface area contributed by atoms with Gasteiger partial charge in [-0.3, -0.25) is 4.79 Å². The Kier molecular flexibility index (Phi) is 7.46. The lowest BCUT2D eigenvalue weighted by atomic mass is 10.0. The molecule has 1 aliphatic heterocycles. The molecule has 0 N–H and O–H groups in total. The largest absolute Gasteiger partial charge is 0.494 e. The Morgan fingerprint density at radius 3 is 2.18 bits per heavy atom. The van der Waals surface area contributed by atoms with Crippen molar-refractivity contribution in [3.63, 3.8) is 0 Å². The van der Waals surface area contributed by atoms with E-state index < -0.39 is 19.9 Å². The van der Waals surface area contributed by atoms with Gasteiger partial charge in [0.25, 0.3) is 0 Å². The van der Waals surface area contributed by atoms with E-state index in [2.05, 4.69) is 0 Å². The Balaban J connectivity index is 1.71. The number of ether oxygens (including phenoxy) is 1. The maximum absolute atomic E-state index is 12.3. The molecule has 8 nitrogen and oxygen atoms in total. The first-order valence-corrected chi connectivity index (χ1v) is 12.9. The summed E-state index contributed by atoms with van der Waals surface area (Å²) in [5, 5.41) is 0. The molecule has 158 valence electrons. The van der Waals surface area contributed by atoms with E-state index in [1.54, 1.807) is 24.1 Å². The molecular weight excluding hydrogens is 404 g/mol. The lowest BCUT2D eigenvalue weighted by molar-refractivity contribution is -0.132. The van der Waals surface area contributed by atoms with Crippen molar-refractivity contribution in [2.75, 3.05) is 39.3 Å². The summed E-state index contributed by atoms with van der Waals surface area (Å²) >= 11 is 0. The van der Waals surface area contributed by atoms with Crippen LogP contribution in [0.2, 0.25) is 0 Å². The van der Waals surface area contributed by atoms with Crippen molar-refractivity contribution < 1.29 is 26.4 Å². The van der Waals surface area contributed by atoms with Gasteiger partial charge in [0, 0.05) is 38.9 Å². The second kappa shape index (κ2) is 9.23. The van der Waals surface area contributed by atoms with Gasteiger partial charge in [-0.2, -0.15) is 0 Å². The summed E-state index contributed by atoms with van der Waals surface area (Å²) in [6.07, 6.45) is 4.52. The molecule has 2 rings (SSSR count). The molecule has 0 aromatic heterocycles. The number of likely N-dealkylation sites (tertiary alicyclic amines) is 1. The van der Waals surface area contributed by atoms with Crippen LogP contribution in [-0.4, -0.2) is 77.2 Å². The quantitative estimate of drug-likeness (QED) is 0.571. The van der Waals surface area contributed by atoms with E-state index in [1.165, 1.54) is 22.7 Å². The molecule has 1 heterocycles. The summed E-state index contributed by atoms with van der Waals surface area (Å²) in [5.74, 6) is 0.598. The third-order valence-electron chi connectivity index (χ3n) is 4.91. The van der Waals surface area contributed by atoms with Gasteiger partial charge in [0.2, 0.25) is 15.9 Å². The number of amides is 1. The first-order chi connectivity index (χ1) is 13.0. The van der Waals surface area contributed by atoms with Gasteiger partial charge in [-0.05, 0) is 43.5 Å². The molecule has 10 heteroatoms. The van der Waals surface area contributed by atoms with E-state index in [-0.39, 0.29) is 16.8 Å². The van der Waals surface area contributed by atoms with Gasteiger partial charge in [-0.15, -0.1) is 0 Å². The van der Waals surface area contributed by atoms with E-state index in [4.69, 9.17) is 4.74 Å². The van der Waals surface area contributed by atoms with Crippen LogP contribution in [0.1, 0.15) is 25.7 Å². The van der Waals surface area contributed by atoms with Crippen molar-refractivity contribution in [3.05, 3.63) is 24.3 Å². The average molecular weight is 433 g/mol. The summed E-state index contributed by atoms with van der Waals surface area (Å²) in [6, 6.07) is 6.13. The number of carbonyl (C=O) groups is 1. The third-order valence-corrected chi connectivity index (χ3v) is 7.38. The van der Waals surface area contributed by atoms with Gasteiger partial charge >= 0.3 is 0 Å². The molecular formula is C18H28N2O6S2. The number of hydrogen-bond donors (Lipinski definition) is 0. The summed E-state index contributed by atoms with van der Waals surface area (Å²) in [6.45, 7) is 1.46. The lowest BCUT2D eigenvalue weighted by Crippen LogP contribution is -2.47. The number of benzene rings is 1. The van der Waals surface area contributed by atoms with Crippen LogP contribution in [0.15, 0.2) is 29.2 Å². The molecule has 1 aromatic carbocycles. The Hall–Kier alpha value is -1.65. The fourth-order valence-electron chi connectivity index (χ4n) is 3.10. The van der Waals surface area contributed by atoms with Gasteiger partial charge in [0.1, 0.15) is 5.75 Å². The van der Waals surface area contributed by atoms with E-state index in [9.17, 15) is 21.6 Å². The summed E-state index contributed by atoms with van der Waals surface area (Å²) in [5.41, 5.74) is 0. The predicted octanol–water partition coefficient (Wildman–Crippen LogP) is 1.13. The first kappa shape index (κ1) is 22.6. The number of sulfone groups is 1. The minimum absolute atomic E-state index is 0.0384. The zero-order valence-corrected chi connectivity index (χ0v) is 18.1. The Morgan fingerprint density at radius 1 is 1.11 bits per heavy atom. The number of carbonyl (C=O) groups excluding carboxylic acids is 1. The Morgan fingerprint density at radius 2 is 1.68 bits per heavy atom. The molecule has 0 spiro atoms. The second-order valence-electron chi connectivity index (χ2n) is 7.09. The van der Waals surface area contributed by atoms with E-state index in [0.29, 0.717) is 51.1 Å². The highest BCUT2D eigenvalue weighted by Crippen LogP contribution is 2.19. The summed E-state index contributed by atoms with van der Waals surface area (Å²) in [7, 11) is -4.86. The molecule has 1 amide bonds. The maximum Gasteiger partial charge on any atom is 0.222 e. The molecule has 0 saturated carbocycles. The highest BCUT2D eigenvalue weighted by molar-refractivity contribution is 7.90. The smallest absolute Gasteiger partial charge is 0.222 e. The van der Waals surface area contributed by atoms with E-state index in [0.717, 1.165) is 6.26 Å². The Labute approximate surface area is 167 Å². The molecule has 1 fully saturated rings. The number of sulfonamides is 1. The lowest BCUT2D eigenvalue weighted by Gasteiger charge is -2.35. The van der Waals surface area contributed by atoms with Gasteiger partial charge in [0.05, 0.1) is 17.8 Å². The summed E-state index contributed by atoms with van der Waals surface area (Å²) in [4.78, 5) is 14.3. The topological polar surface area (TPSA) is 101 Å². The van der Waals surface area contributed by atoms with Gasteiger partial charge in [0.15, 0.2) is 9.84 Å². The molecule has 1 aromatic rings. The van der Waals surface area contributed by atoms with Crippen LogP contribution in [0.25, 0.3) is 0 Å². The number of hydrogen-bond acceptors (Lipinski definition) is 6. The van der Waals surface area contributed by atoms with Gasteiger partial charge in [-0.1, -0.05) is 0 Å². The molecule has 28 heavy (non-hydrogen) atoms. The van der Waals surface area contributed by atoms with Crippen molar-refractivity contribution in [3.8, 4) is 5.75 Å². The van der Waals surface area contributed by atoms with Crippen molar-refractivity contribution in [1.29, 1.82) is 0 Å². The maximum atomic E-state index is 12.3. The fourth-order valence-corrected chi connectivity index (χ4v) is 4.49. The van der Waals surface area contributed by atoms with Gasteiger partial charge < -0.3 is 9.64 Å².